The minimum atomic E-state index is -0.160. The monoisotopic (exact) mass is 220 g/mol. The normalized spacial score (nSPS) is 45.2. The summed E-state index contributed by atoms with van der Waals surface area (Å²) in [5.41, 5.74) is -0.160. The summed E-state index contributed by atoms with van der Waals surface area (Å²) >= 11 is 0. The van der Waals surface area contributed by atoms with Crippen LogP contribution in [0.15, 0.2) is 0 Å². The summed E-state index contributed by atoms with van der Waals surface area (Å²) in [7, 11) is 0. The van der Waals surface area contributed by atoms with E-state index in [1.54, 1.807) is 0 Å². The molecule has 4 rings (SSSR count). The van der Waals surface area contributed by atoms with Crippen LogP contribution in [0.2, 0.25) is 0 Å². The third kappa shape index (κ3) is 0.740. The van der Waals surface area contributed by atoms with Crippen LogP contribution < -0.4 is 0 Å². The Kier molecular flexibility index (Phi) is 1.47. The van der Waals surface area contributed by atoms with Crippen LogP contribution in [0.5, 0.6) is 0 Å². The predicted molar refractivity (Wildman–Crippen MR) is 56.2 cm³/mol. The first-order valence-electron chi connectivity index (χ1n) is 6.35. The van der Waals surface area contributed by atoms with E-state index < -0.39 is 0 Å². The Morgan fingerprint density at radius 3 is 1.94 bits per heavy atom. The standard InChI is InChI=1S/C12H16N2O2/c15-10-6-8-2-3-9-7-11(16)14-5-1-4-13(10)12(8,9)14/h8-9H,1-7H2. The topological polar surface area (TPSA) is 40.6 Å². The van der Waals surface area contributed by atoms with E-state index in [2.05, 4.69) is 0 Å². The molecular weight excluding hydrogens is 204 g/mol. The molecule has 4 aliphatic rings. The van der Waals surface area contributed by atoms with Crippen molar-refractivity contribution in [2.75, 3.05) is 13.1 Å². The van der Waals surface area contributed by atoms with Crippen molar-refractivity contribution >= 4 is 11.8 Å². The molecule has 4 heteroatoms. The molecule has 16 heavy (non-hydrogen) atoms. The van der Waals surface area contributed by atoms with Crippen molar-refractivity contribution in [1.29, 1.82) is 0 Å². The van der Waals surface area contributed by atoms with Crippen molar-refractivity contribution in [2.24, 2.45) is 11.8 Å². The molecule has 3 heterocycles. The van der Waals surface area contributed by atoms with Gasteiger partial charge in [-0.05, 0) is 19.3 Å². The maximum absolute atomic E-state index is 12.0. The molecule has 0 aromatic rings. The lowest BCUT2D eigenvalue weighted by Crippen LogP contribution is -2.63. The molecule has 2 unspecified atom stereocenters. The number of carbonyl (C=O) groups excluding carboxylic acids is 2. The summed E-state index contributed by atoms with van der Waals surface area (Å²) in [4.78, 5) is 28.2. The van der Waals surface area contributed by atoms with Gasteiger partial charge in [-0.2, -0.15) is 0 Å². The van der Waals surface area contributed by atoms with Crippen LogP contribution in [-0.4, -0.2) is 40.4 Å². The van der Waals surface area contributed by atoms with E-state index >= 15 is 0 Å². The SMILES string of the molecule is O=C1CC2CCC3CC(=O)N4CCCN1C234. The Balaban J connectivity index is 1.90. The van der Waals surface area contributed by atoms with E-state index in [0.29, 0.717) is 24.7 Å². The zero-order valence-corrected chi connectivity index (χ0v) is 9.32. The predicted octanol–water partition coefficient (Wildman–Crippen LogP) is 0.577. The van der Waals surface area contributed by atoms with Crippen LogP contribution in [0.25, 0.3) is 0 Å². The average molecular weight is 220 g/mol. The highest BCUT2D eigenvalue weighted by Crippen LogP contribution is 2.58. The van der Waals surface area contributed by atoms with E-state index in [1.807, 2.05) is 9.80 Å². The molecule has 4 fully saturated rings. The van der Waals surface area contributed by atoms with Gasteiger partial charge in [0.1, 0.15) is 5.66 Å². The van der Waals surface area contributed by atoms with Gasteiger partial charge in [0.25, 0.3) is 0 Å². The van der Waals surface area contributed by atoms with E-state index in [1.165, 1.54) is 0 Å². The quantitative estimate of drug-likeness (QED) is 0.599. The van der Waals surface area contributed by atoms with Crippen LogP contribution in [0.3, 0.4) is 0 Å². The molecule has 1 saturated carbocycles. The van der Waals surface area contributed by atoms with Gasteiger partial charge in [0.2, 0.25) is 11.8 Å². The number of carbonyl (C=O) groups is 2. The molecule has 0 aromatic heterocycles. The van der Waals surface area contributed by atoms with Gasteiger partial charge in [0.05, 0.1) is 0 Å². The molecule has 86 valence electrons. The Morgan fingerprint density at radius 1 is 0.938 bits per heavy atom. The van der Waals surface area contributed by atoms with Gasteiger partial charge in [0.15, 0.2) is 0 Å². The van der Waals surface area contributed by atoms with E-state index in [9.17, 15) is 9.59 Å². The summed E-state index contributed by atoms with van der Waals surface area (Å²) in [6.45, 7) is 1.74. The zero-order chi connectivity index (χ0) is 10.9. The molecule has 1 spiro atoms. The fourth-order valence-corrected chi connectivity index (χ4v) is 4.73. The molecule has 0 aromatic carbocycles. The highest BCUT2D eigenvalue weighted by molar-refractivity contribution is 5.87. The van der Waals surface area contributed by atoms with Gasteiger partial charge < -0.3 is 9.80 Å². The summed E-state index contributed by atoms with van der Waals surface area (Å²) in [6.07, 6.45) is 4.59. The molecule has 3 aliphatic heterocycles. The second kappa shape index (κ2) is 2.60. The maximum atomic E-state index is 12.0. The Hall–Kier alpha value is -1.06. The van der Waals surface area contributed by atoms with Gasteiger partial charge in [-0.3, -0.25) is 9.59 Å². The Labute approximate surface area is 94.6 Å². The summed E-state index contributed by atoms with van der Waals surface area (Å²) < 4.78 is 0. The first kappa shape index (κ1) is 9.02. The van der Waals surface area contributed by atoms with Gasteiger partial charge >= 0.3 is 0 Å². The van der Waals surface area contributed by atoms with Crippen molar-refractivity contribution in [1.82, 2.24) is 9.80 Å². The van der Waals surface area contributed by atoms with E-state index in [-0.39, 0.29) is 17.5 Å². The van der Waals surface area contributed by atoms with Gasteiger partial charge in [-0.15, -0.1) is 0 Å². The number of rotatable bonds is 0. The van der Waals surface area contributed by atoms with Crippen LogP contribution in [0, 0.1) is 11.8 Å². The third-order valence-corrected chi connectivity index (χ3v) is 5.14. The molecule has 2 amide bonds. The maximum Gasteiger partial charge on any atom is 0.224 e. The van der Waals surface area contributed by atoms with Crippen LogP contribution >= 0.6 is 0 Å². The van der Waals surface area contributed by atoms with E-state index in [4.69, 9.17) is 0 Å². The zero-order valence-electron chi connectivity index (χ0n) is 9.32. The van der Waals surface area contributed by atoms with Crippen LogP contribution in [0.1, 0.15) is 32.1 Å². The minimum absolute atomic E-state index is 0.160. The molecule has 0 bridgehead atoms. The molecule has 3 saturated heterocycles. The number of hydrogen-bond acceptors (Lipinski definition) is 2. The van der Waals surface area contributed by atoms with Gasteiger partial charge in [0, 0.05) is 37.8 Å². The summed E-state index contributed by atoms with van der Waals surface area (Å²) in [5, 5.41) is 0. The summed E-state index contributed by atoms with van der Waals surface area (Å²) in [5.74, 6) is 1.43. The fourth-order valence-electron chi connectivity index (χ4n) is 4.73. The van der Waals surface area contributed by atoms with Crippen molar-refractivity contribution < 1.29 is 9.59 Å². The summed E-state index contributed by atoms with van der Waals surface area (Å²) in [6, 6.07) is 0. The molecule has 0 N–H and O–H groups in total. The molecule has 2 atom stereocenters. The minimum Gasteiger partial charge on any atom is -0.319 e. The highest BCUT2D eigenvalue weighted by atomic mass is 16.2. The highest BCUT2D eigenvalue weighted by Gasteiger charge is 2.68. The second-order valence-corrected chi connectivity index (χ2v) is 5.61. The first-order chi connectivity index (χ1) is 7.74. The lowest BCUT2D eigenvalue weighted by molar-refractivity contribution is -0.151. The lowest BCUT2D eigenvalue weighted by atomic mass is 9.89. The smallest absolute Gasteiger partial charge is 0.224 e. The second-order valence-electron chi connectivity index (χ2n) is 5.61. The van der Waals surface area contributed by atoms with Crippen molar-refractivity contribution in [3.63, 3.8) is 0 Å². The molecule has 0 radical (unpaired) electrons. The van der Waals surface area contributed by atoms with Gasteiger partial charge in [-0.1, -0.05) is 0 Å². The van der Waals surface area contributed by atoms with Crippen LogP contribution in [0.4, 0.5) is 0 Å². The molecule has 4 nitrogen and oxygen atoms in total. The molecule has 1 aliphatic carbocycles. The number of hydrogen-bond donors (Lipinski definition) is 0. The molecular formula is C12H16N2O2. The third-order valence-electron chi connectivity index (χ3n) is 5.14. The van der Waals surface area contributed by atoms with Crippen LogP contribution in [-0.2, 0) is 9.59 Å². The van der Waals surface area contributed by atoms with Crippen molar-refractivity contribution in [3.05, 3.63) is 0 Å². The Morgan fingerprint density at radius 2 is 1.44 bits per heavy atom. The fraction of sp³-hybridized carbons (Fsp3) is 0.833. The number of amides is 2. The first-order valence-corrected chi connectivity index (χ1v) is 6.35. The van der Waals surface area contributed by atoms with Gasteiger partial charge in [-0.25, -0.2) is 0 Å². The van der Waals surface area contributed by atoms with Crippen molar-refractivity contribution in [3.8, 4) is 0 Å². The largest absolute Gasteiger partial charge is 0.319 e. The lowest BCUT2D eigenvalue weighted by Gasteiger charge is -2.49. The average Bonchev–Trinajstić information content (AvgIpc) is 2.83. The van der Waals surface area contributed by atoms with Crippen molar-refractivity contribution in [2.45, 2.75) is 37.8 Å². The number of nitrogens with zero attached hydrogens (tertiary/aromatic N) is 2. The van der Waals surface area contributed by atoms with E-state index in [0.717, 1.165) is 32.4 Å². The Bertz CT molecular complexity index is 356.